The summed E-state index contributed by atoms with van der Waals surface area (Å²) in [6.45, 7) is 2.61. The molecule has 0 amide bonds. The maximum absolute atomic E-state index is 10.2. The molecule has 0 saturated heterocycles. The van der Waals surface area contributed by atoms with Crippen molar-refractivity contribution in [3.63, 3.8) is 0 Å². The first-order chi connectivity index (χ1) is 4.79. The van der Waals surface area contributed by atoms with Crippen LogP contribution in [0.4, 0.5) is 5.82 Å². The fraction of sp³-hybridized carbons (Fsp3) is 0.333. The number of hydrogen-bond acceptors (Lipinski definition) is 3. The number of nitrogen functional groups attached to an aromatic ring is 1. The van der Waals surface area contributed by atoms with E-state index in [2.05, 4.69) is 5.10 Å². The summed E-state index contributed by atoms with van der Waals surface area (Å²) in [4.78, 5) is 10.2. The third-order valence-electron chi connectivity index (χ3n) is 1.34. The first-order valence-corrected chi connectivity index (χ1v) is 3.06. The molecule has 1 aromatic heterocycles. The molecule has 1 rings (SSSR count). The number of aromatic nitrogens is 2. The molecule has 1 aromatic rings. The molecule has 0 saturated carbocycles. The number of aldehydes is 1. The van der Waals surface area contributed by atoms with Crippen molar-refractivity contribution in [2.75, 3.05) is 5.73 Å². The summed E-state index contributed by atoms with van der Waals surface area (Å²) in [6.07, 6.45) is 2.17. The Balaban J connectivity index is 3.08. The van der Waals surface area contributed by atoms with Crippen molar-refractivity contribution in [2.45, 2.75) is 13.5 Å². The smallest absolute Gasteiger partial charge is 0.155 e. The van der Waals surface area contributed by atoms with Gasteiger partial charge >= 0.3 is 0 Å². The van der Waals surface area contributed by atoms with Crippen molar-refractivity contribution in [1.29, 1.82) is 0 Å². The van der Waals surface area contributed by atoms with Crippen LogP contribution in [0.3, 0.4) is 0 Å². The first-order valence-electron chi connectivity index (χ1n) is 3.06. The molecule has 0 unspecified atom stereocenters. The summed E-state index contributed by atoms with van der Waals surface area (Å²) in [6, 6.07) is 0. The molecule has 0 spiro atoms. The van der Waals surface area contributed by atoms with Crippen molar-refractivity contribution in [2.24, 2.45) is 0 Å². The van der Waals surface area contributed by atoms with Gasteiger partial charge in [-0.25, -0.2) is 4.68 Å². The van der Waals surface area contributed by atoms with Gasteiger partial charge in [-0.2, -0.15) is 5.10 Å². The van der Waals surface area contributed by atoms with E-state index in [0.717, 1.165) is 0 Å². The number of rotatable bonds is 2. The standard InChI is InChI=1S/C6H9N3O/c1-2-9-6(7)5(4-10)3-8-9/h3-4H,2,7H2,1H3. The zero-order valence-electron chi connectivity index (χ0n) is 5.74. The number of carbonyl (C=O) groups is 1. The fourth-order valence-electron chi connectivity index (χ4n) is 0.752. The molecule has 0 aliphatic carbocycles. The Kier molecular flexibility index (Phi) is 1.71. The molecule has 0 radical (unpaired) electrons. The number of anilines is 1. The molecule has 0 aliphatic heterocycles. The van der Waals surface area contributed by atoms with Gasteiger partial charge in [0, 0.05) is 6.54 Å². The largest absolute Gasteiger partial charge is 0.383 e. The van der Waals surface area contributed by atoms with Crippen molar-refractivity contribution in [3.8, 4) is 0 Å². The van der Waals surface area contributed by atoms with Crippen LogP contribution in [-0.4, -0.2) is 16.1 Å². The monoisotopic (exact) mass is 139 g/mol. The number of carbonyl (C=O) groups excluding carboxylic acids is 1. The van der Waals surface area contributed by atoms with Crippen LogP contribution >= 0.6 is 0 Å². The quantitative estimate of drug-likeness (QED) is 0.599. The zero-order valence-corrected chi connectivity index (χ0v) is 5.74. The van der Waals surface area contributed by atoms with Crippen molar-refractivity contribution < 1.29 is 4.79 Å². The number of aryl methyl sites for hydroxylation is 1. The van der Waals surface area contributed by atoms with E-state index in [1.54, 1.807) is 4.68 Å². The van der Waals surface area contributed by atoms with Gasteiger partial charge in [-0.1, -0.05) is 0 Å². The predicted octanol–water partition coefficient (Wildman–Crippen LogP) is 0.298. The first kappa shape index (κ1) is 6.80. The van der Waals surface area contributed by atoms with Gasteiger partial charge in [0.05, 0.1) is 11.8 Å². The van der Waals surface area contributed by atoms with Crippen LogP contribution in [0.25, 0.3) is 0 Å². The van der Waals surface area contributed by atoms with Gasteiger partial charge < -0.3 is 5.73 Å². The minimum Gasteiger partial charge on any atom is -0.383 e. The van der Waals surface area contributed by atoms with Gasteiger partial charge in [0.1, 0.15) is 5.82 Å². The topological polar surface area (TPSA) is 60.9 Å². The predicted molar refractivity (Wildman–Crippen MR) is 37.7 cm³/mol. The maximum Gasteiger partial charge on any atom is 0.155 e. The summed E-state index contributed by atoms with van der Waals surface area (Å²) in [5.41, 5.74) is 5.95. The normalized spacial score (nSPS) is 9.70. The summed E-state index contributed by atoms with van der Waals surface area (Å²) >= 11 is 0. The SMILES string of the molecule is CCn1ncc(C=O)c1N. The molecule has 4 heteroatoms. The molecule has 10 heavy (non-hydrogen) atoms. The molecule has 0 atom stereocenters. The van der Waals surface area contributed by atoms with E-state index < -0.39 is 0 Å². The number of hydrogen-bond donors (Lipinski definition) is 1. The molecule has 0 bridgehead atoms. The Morgan fingerprint density at radius 1 is 1.90 bits per heavy atom. The highest BCUT2D eigenvalue weighted by atomic mass is 16.1. The van der Waals surface area contributed by atoms with Crippen LogP contribution in [0.15, 0.2) is 6.20 Å². The van der Waals surface area contributed by atoms with Crippen molar-refractivity contribution in [1.82, 2.24) is 9.78 Å². The van der Waals surface area contributed by atoms with E-state index in [1.807, 2.05) is 6.92 Å². The summed E-state index contributed by atoms with van der Waals surface area (Å²) in [5.74, 6) is 0.442. The Morgan fingerprint density at radius 2 is 2.60 bits per heavy atom. The molecule has 4 nitrogen and oxygen atoms in total. The molecular weight excluding hydrogens is 130 g/mol. The van der Waals surface area contributed by atoms with Crippen LogP contribution in [0.1, 0.15) is 17.3 Å². The number of nitrogens with zero attached hydrogens (tertiary/aromatic N) is 2. The van der Waals surface area contributed by atoms with E-state index >= 15 is 0 Å². The van der Waals surface area contributed by atoms with E-state index in [-0.39, 0.29) is 0 Å². The fourth-order valence-corrected chi connectivity index (χ4v) is 0.752. The van der Waals surface area contributed by atoms with E-state index in [9.17, 15) is 4.79 Å². The average molecular weight is 139 g/mol. The lowest BCUT2D eigenvalue weighted by Crippen LogP contribution is -2.02. The average Bonchev–Trinajstić information content (AvgIpc) is 2.30. The van der Waals surface area contributed by atoms with E-state index in [0.29, 0.717) is 24.2 Å². The van der Waals surface area contributed by atoms with Crippen LogP contribution in [0.5, 0.6) is 0 Å². The highest BCUT2D eigenvalue weighted by molar-refractivity contribution is 5.81. The van der Waals surface area contributed by atoms with Gasteiger partial charge in [-0.3, -0.25) is 4.79 Å². The van der Waals surface area contributed by atoms with Crippen molar-refractivity contribution in [3.05, 3.63) is 11.8 Å². The minimum atomic E-state index is 0.442. The molecule has 0 aliphatic rings. The van der Waals surface area contributed by atoms with Crippen molar-refractivity contribution >= 4 is 12.1 Å². The minimum absolute atomic E-state index is 0.442. The maximum atomic E-state index is 10.2. The van der Waals surface area contributed by atoms with Crippen LogP contribution in [0, 0.1) is 0 Å². The van der Waals surface area contributed by atoms with Gasteiger partial charge in [-0.05, 0) is 6.92 Å². The summed E-state index contributed by atoms with van der Waals surface area (Å²) in [7, 11) is 0. The van der Waals surface area contributed by atoms with Crippen LogP contribution in [0.2, 0.25) is 0 Å². The molecular formula is C6H9N3O. The molecule has 2 N–H and O–H groups in total. The third kappa shape index (κ3) is 0.877. The third-order valence-corrected chi connectivity index (χ3v) is 1.34. The van der Waals surface area contributed by atoms with Gasteiger partial charge in [0.25, 0.3) is 0 Å². The Labute approximate surface area is 58.6 Å². The lowest BCUT2D eigenvalue weighted by Gasteiger charge is -1.96. The second-order valence-corrected chi connectivity index (χ2v) is 1.92. The number of nitrogens with two attached hydrogens (primary N) is 1. The van der Waals surface area contributed by atoms with Gasteiger partial charge in [0.2, 0.25) is 0 Å². The summed E-state index contributed by atoms with van der Waals surface area (Å²) < 4.78 is 1.57. The Morgan fingerprint density at radius 3 is 2.90 bits per heavy atom. The Bertz CT molecular complexity index is 241. The van der Waals surface area contributed by atoms with E-state index in [4.69, 9.17) is 5.73 Å². The van der Waals surface area contributed by atoms with Crippen LogP contribution in [-0.2, 0) is 6.54 Å². The van der Waals surface area contributed by atoms with Gasteiger partial charge in [0.15, 0.2) is 6.29 Å². The molecule has 0 aromatic carbocycles. The van der Waals surface area contributed by atoms with Crippen LogP contribution < -0.4 is 5.73 Å². The second-order valence-electron chi connectivity index (χ2n) is 1.92. The highest BCUT2D eigenvalue weighted by Crippen LogP contribution is 2.06. The highest BCUT2D eigenvalue weighted by Gasteiger charge is 2.02. The summed E-state index contributed by atoms with van der Waals surface area (Å²) in [5, 5.41) is 3.87. The van der Waals surface area contributed by atoms with E-state index in [1.165, 1.54) is 6.20 Å². The molecule has 0 fully saturated rings. The lowest BCUT2D eigenvalue weighted by molar-refractivity contribution is 0.112. The molecule has 1 heterocycles. The lowest BCUT2D eigenvalue weighted by atomic mass is 10.4. The molecule has 54 valence electrons. The zero-order chi connectivity index (χ0) is 7.56. The van der Waals surface area contributed by atoms with Gasteiger partial charge in [-0.15, -0.1) is 0 Å². The second kappa shape index (κ2) is 2.51. The Hall–Kier alpha value is -1.32.